The highest BCUT2D eigenvalue weighted by molar-refractivity contribution is 6.28. The van der Waals surface area contributed by atoms with Crippen LogP contribution >= 0.6 is 0 Å². The van der Waals surface area contributed by atoms with E-state index in [0.717, 1.165) is 105 Å². The second kappa shape index (κ2) is 12.8. The van der Waals surface area contributed by atoms with Gasteiger partial charge in [-0.05, 0) is 53.6 Å². The highest BCUT2D eigenvalue weighted by Gasteiger charge is 2.20. The van der Waals surface area contributed by atoms with E-state index in [1.54, 1.807) is 0 Å². The number of benzene rings is 8. The predicted octanol–water partition coefficient (Wildman–Crippen LogP) is 13.7. The van der Waals surface area contributed by atoms with Crippen molar-refractivity contribution in [2.45, 2.75) is 0 Å². The molecule has 12 rings (SSSR count). The molecule has 0 aliphatic rings. The van der Waals surface area contributed by atoms with Gasteiger partial charge in [-0.3, -0.25) is 0 Å². The average molecular weight is 743 g/mol. The second-order valence-corrected chi connectivity index (χ2v) is 14.6. The summed E-state index contributed by atoms with van der Waals surface area (Å²) in [5, 5.41) is 7.57. The first-order valence-corrected chi connectivity index (χ1v) is 19.3. The van der Waals surface area contributed by atoms with Crippen molar-refractivity contribution >= 4 is 65.6 Å². The highest BCUT2D eigenvalue weighted by atomic mass is 16.3. The van der Waals surface area contributed by atoms with Gasteiger partial charge in [-0.2, -0.15) is 0 Å². The van der Waals surface area contributed by atoms with E-state index in [1.807, 2.05) is 78.9 Å². The molecule has 0 spiro atoms. The van der Waals surface area contributed by atoms with Gasteiger partial charge in [0.05, 0.1) is 16.8 Å². The lowest BCUT2D eigenvalue weighted by atomic mass is 9.94. The molecule has 0 saturated heterocycles. The van der Waals surface area contributed by atoms with E-state index in [-0.39, 0.29) is 0 Å². The standard InChI is InChI=1S/C52H30N4O2/c1-3-13-31(14-4-1)48-40-27-28-45-47(39-20-8-10-24-44(39)57-45)46(40)38-26-25-34(30-42(38)53-48)33-17-11-18-35(29-33)51-54-50(32-15-5-2-6-16-32)55-52(56-51)41-22-12-21-37-36-19-7-9-23-43(36)58-49(37)41/h1-30H. The Morgan fingerprint density at radius 3 is 1.74 bits per heavy atom. The Kier molecular flexibility index (Phi) is 7.13. The maximum Gasteiger partial charge on any atom is 0.167 e. The molecule has 4 aromatic heterocycles. The van der Waals surface area contributed by atoms with E-state index in [0.29, 0.717) is 17.5 Å². The first kappa shape index (κ1) is 32.3. The molecule has 0 atom stereocenters. The fourth-order valence-corrected chi connectivity index (χ4v) is 8.41. The Morgan fingerprint density at radius 2 is 0.914 bits per heavy atom. The van der Waals surface area contributed by atoms with Crippen molar-refractivity contribution in [2.24, 2.45) is 0 Å². The molecule has 6 heteroatoms. The van der Waals surface area contributed by atoms with Crippen molar-refractivity contribution in [3.8, 4) is 56.5 Å². The van der Waals surface area contributed by atoms with Crippen LogP contribution in [0.5, 0.6) is 0 Å². The van der Waals surface area contributed by atoms with Gasteiger partial charge in [-0.1, -0.05) is 140 Å². The third kappa shape index (κ3) is 5.12. The summed E-state index contributed by atoms with van der Waals surface area (Å²) in [4.78, 5) is 20.6. The highest BCUT2D eigenvalue weighted by Crippen LogP contribution is 2.42. The van der Waals surface area contributed by atoms with E-state index in [2.05, 4.69) is 103 Å². The van der Waals surface area contributed by atoms with Gasteiger partial charge in [-0.25, -0.2) is 19.9 Å². The number of rotatable bonds is 5. The largest absolute Gasteiger partial charge is 0.456 e. The van der Waals surface area contributed by atoms with E-state index in [9.17, 15) is 0 Å². The van der Waals surface area contributed by atoms with Crippen molar-refractivity contribution < 1.29 is 8.83 Å². The molecular weight excluding hydrogens is 713 g/mol. The summed E-state index contributed by atoms with van der Waals surface area (Å²) in [5.41, 5.74) is 10.9. The molecule has 0 saturated carbocycles. The van der Waals surface area contributed by atoms with Crippen LogP contribution in [0.3, 0.4) is 0 Å². The second-order valence-electron chi connectivity index (χ2n) is 14.6. The molecule has 6 nitrogen and oxygen atoms in total. The Morgan fingerprint density at radius 1 is 0.310 bits per heavy atom. The van der Waals surface area contributed by atoms with Crippen molar-refractivity contribution in [2.75, 3.05) is 0 Å². The minimum atomic E-state index is 0.548. The van der Waals surface area contributed by atoms with Gasteiger partial charge in [0.2, 0.25) is 0 Å². The quantitative estimate of drug-likeness (QED) is 0.163. The van der Waals surface area contributed by atoms with Crippen LogP contribution in [0.15, 0.2) is 191 Å². The summed E-state index contributed by atoms with van der Waals surface area (Å²) in [6.07, 6.45) is 0. The maximum atomic E-state index is 6.43. The molecule has 12 aromatic rings. The molecule has 58 heavy (non-hydrogen) atoms. The summed E-state index contributed by atoms with van der Waals surface area (Å²) in [6, 6.07) is 62.1. The molecule has 0 fully saturated rings. The number of fused-ring (bicyclic) bond motifs is 10. The zero-order valence-electron chi connectivity index (χ0n) is 30.9. The number of hydrogen-bond acceptors (Lipinski definition) is 6. The Bertz CT molecular complexity index is 3570. The van der Waals surface area contributed by atoms with E-state index in [4.69, 9.17) is 28.8 Å². The molecule has 0 amide bonds. The number of nitrogens with zero attached hydrogens (tertiary/aromatic N) is 4. The first-order valence-electron chi connectivity index (χ1n) is 19.3. The first-order chi connectivity index (χ1) is 28.7. The van der Waals surface area contributed by atoms with Crippen LogP contribution in [-0.4, -0.2) is 19.9 Å². The minimum absolute atomic E-state index is 0.548. The predicted molar refractivity (Wildman–Crippen MR) is 234 cm³/mol. The van der Waals surface area contributed by atoms with Crippen molar-refractivity contribution in [1.82, 2.24) is 19.9 Å². The smallest absolute Gasteiger partial charge is 0.167 e. The van der Waals surface area contributed by atoms with Crippen molar-refractivity contribution in [3.63, 3.8) is 0 Å². The van der Waals surface area contributed by atoms with Crippen LogP contribution in [0.1, 0.15) is 0 Å². The monoisotopic (exact) mass is 742 g/mol. The van der Waals surface area contributed by atoms with Crippen molar-refractivity contribution in [3.05, 3.63) is 182 Å². The number of para-hydroxylation sites is 3. The Hall–Kier alpha value is -7.96. The number of furan rings is 2. The molecule has 0 aliphatic carbocycles. The van der Waals surface area contributed by atoms with Crippen LogP contribution in [0.4, 0.5) is 0 Å². The fraction of sp³-hybridized carbons (Fsp3) is 0. The van der Waals surface area contributed by atoms with Gasteiger partial charge in [-0.15, -0.1) is 0 Å². The number of pyridine rings is 1. The topological polar surface area (TPSA) is 77.8 Å². The summed E-state index contributed by atoms with van der Waals surface area (Å²) in [7, 11) is 0. The molecule has 0 aliphatic heterocycles. The molecule has 4 heterocycles. The lowest BCUT2D eigenvalue weighted by Gasteiger charge is -2.13. The number of hydrogen-bond donors (Lipinski definition) is 0. The Balaban J connectivity index is 1.04. The maximum absolute atomic E-state index is 6.43. The molecule has 8 aromatic carbocycles. The SMILES string of the molecule is c1ccc(-c2nc(-c3cccc(-c4ccc5c(c4)nc(-c4ccccc4)c4ccc6oc7ccccc7c6c45)c3)nc(-c3cccc4c3oc3ccccc34)n2)cc1. The van der Waals surface area contributed by atoms with Crippen LogP contribution in [0.25, 0.3) is 122 Å². The molecule has 0 bridgehead atoms. The van der Waals surface area contributed by atoms with Gasteiger partial charge >= 0.3 is 0 Å². The summed E-state index contributed by atoms with van der Waals surface area (Å²) >= 11 is 0. The van der Waals surface area contributed by atoms with Gasteiger partial charge in [0.15, 0.2) is 17.5 Å². The zero-order valence-corrected chi connectivity index (χ0v) is 30.9. The molecule has 0 unspecified atom stereocenters. The summed E-state index contributed by atoms with van der Waals surface area (Å²) < 4.78 is 12.8. The molecule has 0 N–H and O–H groups in total. The third-order valence-corrected chi connectivity index (χ3v) is 11.1. The lowest BCUT2D eigenvalue weighted by Crippen LogP contribution is -2.00. The van der Waals surface area contributed by atoms with Crippen LogP contribution in [0.2, 0.25) is 0 Å². The number of aromatic nitrogens is 4. The average Bonchev–Trinajstić information content (AvgIpc) is 3.88. The summed E-state index contributed by atoms with van der Waals surface area (Å²) in [5.74, 6) is 1.71. The van der Waals surface area contributed by atoms with Gasteiger partial charge < -0.3 is 8.83 Å². The van der Waals surface area contributed by atoms with Crippen LogP contribution in [0, 0.1) is 0 Å². The third-order valence-electron chi connectivity index (χ3n) is 11.1. The van der Waals surface area contributed by atoms with Gasteiger partial charge in [0.1, 0.15) is 22.3 Å². The summed E-state index contributed by atoms with van der Waals surface area (Å²) in [6.45, 7) is 0. The van der Waals surface area contributed by atoms with E-state index in [1.165, 1.54) is 0 Å². The van der Waals surface area contributed by atoms with E-state index < -0.39 is 0 Å². The van der Waals surface area contributed by atoms with Gasteiger partial charge in [0, 0.05) is 54.4 Å². The zero-order chi connectivity index (χ0) is 38.2. The van der Waals surface area contributed by atoms with Crippen molar-refractivity contribution in [1.29, 1.82) is 0 Å². The normalized spacial score (nSPS) is 11.8. The minimum Gasteiger partial charge on any atom is -0.456 e. The van der Waals surface area contributed by atoms with E-state index >= 15 is 0 Å². The van der Waals surface area contributed by atoms with Crippen LogP contribution < -0.4 is 0 Å². The molecular formula is C52H30N4O2. The molecule has 0 radical (unpaired) electrons. The van der Waals surface area contributed by atoms with Gasteiger partial charge in [0.25, 0.3) is 0 Å². The lowest BCUT2D eigenvalue weighted by molar-refractivity contribution is 0.669. The molecule has 270 valence electrons. The van der Waals surface area contributed by atoms with Crippen LogP contribution in [-0.2, 0) is 0 Å². The Labute approximate surface area is 331 Å². The fourth-order valence-electron chi connectivity index (χ4n) is 8.41.